The number of carbonyl (C=O) groups is 1. The van der Waals surface area contributed by atoms with Gasteiger partial charge in [0.25, 0.3) is 5.91 Å². The topological polar surface area (TPSA) is 79.9 Å². The number of amides is 1. The van der Waals surface area contributed by atoms with E-state index in [1.807, 2.05) is 0 Å². The van der Waals surface area contributed by atoms with Gasteiger partial charge in [-0.25, -0.2) is 9.97 Å². The minimum Gasteiger partial charge on any atom is -0.497 e. The Kier molecular flexibility index (Phi) is 3.99. The number of anilines is 1. The molecule has 0 aliphatic rings. The minimum atomic E-state index is -4.58. The van der Waals surface area contributed by atoms with E-state index in [1.165, 1.54) is 29.5 Å². The van der Waals surface area contributed by atoms with Crippen LogP contribution in [0.15, 0.2) is 36.4 Å². The van der Waals surface area contributed by atoms with E-state index in [0.717, 1.165) is 4.70 Å². The van der Waals surface area contributed by atoms with Crippen LogP contribution in [-0.4, -0.2) is 28.0 Å². The van der Waals surface area contributed by atoms with Crippen molar-refractivity contribution in [2.45, 2.75) is 6.18 Å². The Hall–Kier alpha value is -3.14. The van der Waals surface area contributed by atoms with Crippen molar-refractivity contribution in [2.24, 2.45) is 0 Å². The van der Waals surface area contributed by atoms with E-state index in [-0.39, 0.29) is 16.6 Å². The van der Waals surface area contributed by atoms with E-state index in [1.54, 1.807) is 25.3 Å². The average Bonchev–Trinajstić information content (AvgIpc) is 3.23. The van der Waals surface area contributed by atoms with Crippen molar-refractivity contribution >= 4 is 43.6 Å². The molecule has 0 atom stereocenters. The summed E-state index contributed by atoms with van der Waals surface area (Å²) in [7, 11) is 1.56. The number of imidazole rings is 1. The van der Waals surface area contributed by atoms with Gasteiger partial charge < -0.3 is 9.72 Å². The highest BCUT2D eigenvalue weighted by Crippen LogP contribution is 2.30. The molecule has 0 saturated carbocycles. The lowest BCUT2D eigenvalue weighted by Gasteiger charge is -2.01. The number of halogens is 3. The third-order valence-electron chi connectivity index (χ3n) is 3.83. The summed E-state index contributed by atoms with van der Waals surface area (Å²) in [4.78, 5) is 22.4. The highest BCUT2D eigenvalue weighted by Gasteiger charge is 2.34. The minimum absolute atomic E-state index is 0.129. The van der Waals surface area contributed by atoms with Gasteiger partial charge in [-0.15, -0.1) is 0 Å². The van der Waals surface area contributed by atoms with Gasteiger partial charge in [-0.05, 0) is 36.4 Å². The molecule has 0 fully saturated rings. The number of nitrogens with one attached hydrogen (secondary N) is 2. The highest BCUT2D eigenvalue weighted by atomic mass is 32.1. The Bertz CT molecular complexity index is 1170. The molecule has 27 heavy (non-hydrogen) atoms. The van der Waals surface area contributed by atoms with Gasteiger partial charge in [0.2, 0.25) is 5.82 Å². The first kappa shape index (κ1) is 17.3. The first-order valence-electron chi connectivity index (χ1n) is 7.66. The number of aromatic amines is 1. The van der Waals surface area contributed by atoms with E-state index in [9.17, 15) is 18.0 Å². The predicted molar refractivity (Wildman–Crippen MR) is 95.2 cm³/mol. The van der Waals surface area contributed by atoms with Crippen LogP contribution >= 0.6 is 11.3 Å². The van der Waals surface area contributed by atoms with Crippen LogP contribution in [0.25, 0.3) is 21.3 Å². The number of methoxy groups -OCH3 is 1. The molecule has 0 aliphatic carbocycles. The van der Waals surface area contributed by atoms with Crippen LogP contribution in [0.1, 0.15) is 16.2 Å². The number of nitrogens with zero attached hydrogens (tertiary/aromatic N) is 2. The van der Waals surface area contributed by atoms with Crippen molar-refractivity contribution in [3.8, 4) is 5.75 Å². The molecule has 0 saturated heterocycles. The molecule has 0 bridgehead atoms. The molecule has 2 N–H and O–H groups in total. The number of hydrogen-bond acceptors (Lipinski definition) is 5. The van der Waals surface area contributed by atoms with Crippen LogP contribution in [0.4, 0.5) is 18.3 Å². The lowest BCUT2D eigenvalue weighted by Crippen LogP contribution is -2.11. The lowest BCUT2D eigenvalue weighted by molar-refractivity contribution is -0.144. The quantitative estimate of drug-likeness (QED) is 0.540. The van der Waals surface area contributed by atoms with E-state index >= 15 is 0 Å². The fourth-order valence-corrected chi connectivity index (χ4v) is 3.43. The van der Waals surface area contributed by atoms with E-state index in [0.29, 0.717) is 16.4 Å². The van der Waals surface area contributed by atoms with Gasteiger partial charge in [0, 0.05) is 5.56 Å². The number of rotatable bonds is 3. The fourth-order valence-electron chi connectivity index (χ4n) is 2.54. The second-order valence-corrected chi connectivity index (χ2v) is 6.65. The molecule has 2 heterocycles. The largest absolute Gasteiger partial charge is 0.497 e. The zero-order chi connectivity index (χ0) is 19.2. The SMILES string of the molecule is COc1ccc2nc(NC(=O)c3ccc4nc(C(F)(F)F)[nH]c4c3)sc2c1. The lowest BCUT2D eigenvalue weighted by atomic mass is 10.2. The maximum Gasteiger partial charge on any atom is 0.449 e. The number of fused-ring (bicyclic) bond motifs is 2. The van der Waals surface area contributed by atoms with Gasteiger partial charge in [-0.2, -0.15) is 13.2 Å². The average molecular weight is 392 g/mol. The fraction of sp³-hybridized carbons (Fsp3) is 0.118. The first-order valence-corrected chi connectivity index (χ1v) is 8.48. The monoisotopic (exact) mass is 392 g/mol. The summed E-state index contributed by atoms with van der Waals surface area (Å²) in [5.74, 6) is -0.907. The van der Waals surface area contributed by atoms with Crippen LogP contribution in [0.3, 0.4) is 0 Å². The number of H-pyrrole nitrogens is 1. The molecule has 138 valence electrons. The molecule has 0 unspecified atom stereocenters. The smallest absolute Gasteiger partial charge is 0.449 e. The van der Waals surface area contributed by atoms with Crippen molar-refractivity contribution < 1.29 is 22.7 Å². The number of aromatic nitrogens is 3. The molecule has 0 aliphatic heterocycles. The van der Waals surface area contributed by atoms with Crippen LogP contribution in [-0.2, 0) is 6.18 Å². The van der Waals surface area contributed by atoms with Gasteiger partial charge in [0.05, 0.1) is 28.4 Å². The standard InChI is InChI=1S/C17H11F3N4O2S/c1-26-9-3-5-11-13(7-9)27-16(23-11)24-14(25)8-2-4-10-12(6-8)22-15(21-10)17(18,19)20/h2-7H,1H3,(H,21,22)(H,23,24,25). The van der Waals surface area contributed by atoms with Gasteiger partial charge in [0.15, 0.2) is 5.13 Å². The Labute approximate surface area is 154 Å². The number of thiazole rings is 1. The maximum absolute atomic E-state index is 12.7. The third-order valence-corrected chi connectivity index (χ3v) is 4.76. The molecule has 0 spiro atoms. The van der Waals surface area contributed by atoms with Crippen molar-refractivity contribution in [3.63, 3.8) is 0 Å². The van der Waals surface area contributed by atoms with E-state index < -0.39 is 17.9 Å². The zero-order valence-corrected chi connectivity index (χ0v) is 14.5. The van der Waals surface area contributed by atoms with E-state index in [4.69, 9.17) is 4.74 Å². The normalized spacial score (nSPS) is 11.9. The summed E-state index contributed by atoms with van der Waals surface area (Å²) in [6, 6.07) is 9.43. The summed E-state index contributed by atoms with van der Waals surface area (Å²) in [5.41, 5.74) is 1.15. The molecule has 1 amide bonds. The van der Waals surface area contributed by atoms with Gasteiger partial charge in [-0.3, -0.25) is 10.1 Å². The Morgan fingerprint density at radius 3 is 2.67 bits per heavy atom. The van der Waals surface area contributed by atoms with Gasteiger partial charge in [0.1, 0.15) is 5.75 Å². The summed E-state index contributed by atoms with van der Waals surface area (Å²) in [6.07, 6.45) is -4.58. The van der Waals surface area contributed by atoms with Crippen LogP contribution in [0.2, 0.25) is 0 Å². The molecule has 2 aromatic heterocycles. The Morgan fingerprint density at radius 1 is 1.15 bits per heavy atom. The van der Waals surface area contributed by atoms with Crippen molar-refractivity contribution in [2.75, 3.05) is 12.4 Å². The number of benzene rings is 2. The van der Waals surface area contributed by atoms with Crippen LogP contribution in [0, 0.1) is 0 Å². The number of carbonyl (C=O) groups excluding carboxylic acids is 1. The maximum atomic E-state index is 12.7. The molecule has 4 aromatic rings. The molecular formula is C17H11F3N4O2S. The summed E-state index contributed by atoms with van der Waals surface area (Å²) in [6.45, 7) is 0. The highest BCUT2D eigenvalue weighted by molar-refractivity contribution is 7.22. The molecule has 0 radical (unpaired) electrons. The Balaban J connectivity index is 1.60. The Morgan fingerprint density at radius 2 is 1.93 bits per heavy atom. The molecule has 6 nitrogen and oxygen atoms in total. The number of hydrogen-bond donors (Lipinski definition) is 2. The molecular weight excluding hydrogens is 381 g/mol. The summed E-state index contributed by atoms with van der Waals surface area (Å²) >= 11 is 1.27. The van der Waals surface area contributed by atoms with Gasteiger partial charge >= 0.3 is 6.18 Å². The molecule has 10 heteroatoms. The van der Waals surface area contributed by atoms with Crippen LogP contribution < -0.4 is 10.1 Å². The van der Waals surface area contributed by atoms with Crippen molar-refractivity contribution in [3.05, 3.63) is 47.8 Å². The second kappa shape index (κ2) is 6.23. The second-order valence-electron chi connectivity index (χ2n) is 5.62. The predicted octanol–water partition coefficient (Wildman–Crippen LogP) is 4.45. The zero-order valence-electron chi connectivity index (χ0n) is 13.7. The third kappa shape index (κ3) is 3.31. The van der Waals surface area contributed by atoms with E-state index in [2.05, 4.69) is 20.3 Å². The molecule has 4 rings (SSSR count). The first-order chi connectivity index (χ1) is 12.8. The van der Waals surface area contributed by atoms with Crippen molar-refractivity contribution in [1.82, 2.24) is 15.0 Å². The number of ether oxygens (including phenoxy) is 1. The van der Waals surface area contributed by atoms with Crippen LogP contribution in [0.5, 0.6) is 5.75 Å². The summed E-state index contributed by atoms with van der Waals surface area (Å²) in [5, 5.41) is 3.04. The molecule has 2 aromatic carbocycles. The number of alkyl halides is 3. The van der Waals surface area contributed by atoms with Gasteiger partial charge in [-0.1, -0.05) is 11.3 Å². The van der Waals surface area contributed by atoms with Crippen molar-refractivity contribution in [1.29, 1.82) is 0 Å². The summed E-state index contributed by atoms with van der Waals surface area (Å²) < 4.78 is 44.2.